The topological polar surface area (TPSA) is 141 Å². The number of aryl methyl sites for hydroxylation is 1. The zero-order valence-corrected chi connectivity index (χ0v) is 17.6. The molecule has 0 aliphatic rings. The number of carbonyl (C=O) groups excluding carboxylic acids is 1. The fourth-order valence-electron chi connectivity index (χ4n) is 3.03. The number of fused-ring (bicyclic) bond motifs is 1. The highest BCUT2D eigenvalue weighted by atomic mass is 16.6. The predicted molar refractivity (Wildman–Crippen MR) is 119 cm³/mol. The molecular formula is C22H18N6O5. The molecule has 2 N–H and O–H groups in total. The van der Waals surface area contributed by atoms with Crippen LogP contribution in [-0.2, 0) is 0 Å². The van der Waals surface area contributed by atoms with E-state index in [1.165, 1.54) is 7.11 Å². The van der Waals surface area contributed by atoms with E-state index in [1.54, 1.807) is 36.4 Å². The van der Waals surface area contributed by atoms with Crippen molar-refractivity contribution in [1.82, 2.24) is 20.4 Å². The largest absolute Gasteiger partial charge is 0.497 e. The number of hydrogen-bond donors (Lipinski definition) is 2. The van der Waals surface area contributed by atoms with E-state index in [2.05, 4.69) is 25.8 Å². The van der Waals surface area contributed by atoms with Gasteiger partial charge in [0.1, 0.15) is 17.6 Å². The molecule has 0 aliphatic carbocycles. The molecule has 0 fully saturated rings. The monoisotopic (exact) mass is 446 g/mol. The molecule has 0 aliphatic heterocycles. The Morgan fingerprint density at radius 3 is 2.58 bits per heavy atom. The third kappa shape index (κ3) is 4.61. The van der Waals surface area contributed by atoms with Crippen molar-refractivity contribution in [3.63, 3.8) is 0 Å². The second kappa shape index (κ2) is 9.14. The van der Waals surface area contributed by atoms with E-state index >= 15 is 0 Å². The van der Waals surface area contributed by atoms with Crippen LogP contribution in [0.25, 0.3) is 10.9 Å². The SMILES string of the molecule is COc1ccc(C(=O)NNc2ncnc(Oc3cccc4ccc(C)nc34)c2[N+](=O)[O-])cc1. The van der Waals surface area contributed by atoms with Crippen molar-refractivity contribution in [2.45, 2.75) is 6.92 Å². The van der Waals surface area contributed by atoms with Crippen LogP contribution in [0.5, 0.6) is 17.4 Å². The minimum atomic E-state index is -0.693. The molecule has 0 unspecified atom stereocenters. The molecule has 0 saturated carbocycles. The third-order valence-corrected chi connectivity index (χ3v) is 4.65. The van der Waals surface area contributed by atoms with Gasteiger partial charge in [0, 0.05) is 16.6 Å². The number of hydrogen-bond acceptors (Lipinski definition) is 9. The summed E-state index contributed by atoms with van der Waals surface area (Å²) in [6.07, 6.45) is 1.09. The summed E-state index contributed by atoms with van der Waals surface area (Å²) in [5.74, 6) is -0.179. The highest BCUT2D eigenvalue weighted by molar-refractivity contribution is 5.95. The summed E-state index contributed by atoms with van der Waals surface area (Å²) >= 11 is 0. The molecule has 0 atom stereocenters. The lowest BCUT2D eigenvalue weighted by Crippen LogP contribution is -2.30. The molecule has 1 amide bonds. The van der Waals surface area contributed by atoms with Gasteiger partial charge in [-0.25, -0.2) is 9.97 Å². The highest BCUT2D eigenvalue weighted by Gasteiger charge is 2.26. The van der Waals surface area contributed by atoms with Gasteiger partial charge in [-0.1, -0.05) is 18.2 Å². The molecule has 0 saturated heterocycles. The molecule has 166 valence electrons. The molecule has 0 radical (unpaired) electrons. The van der Waals surface area contributed by atoms with Crippen LogP contribution in [0, 0.1) is 17.0 Å². The van der Waals surface area contributed by atoms with Gasteiger partial charge in [0.25, 0.3) is 5.91 Å². The van der Waals surface area contributed by atoms with Crippen LogP contribution in [0.15, 0.2) is 60.9 Å². The molecular weight excluding hydrogens is 428 g/mol. The van der Waals surface area contributed by atoms with Gasteiger partial charge in [0.15, 0.2) is 5.75 Å². The number of methoxy groups -OCH3 is 1. The van der Waals surface area contributed by atoms with Crippen LogP contribution in [0.2, 0.25) is 0 Å². The summed E-state index contributed by atoms with van der Waals surface area (Å²) < 4.78 is 10.8. The standard InChI is InChI=1S/C22H18N6O5/c1-13-6-7-14-4-3-5-17(18(14)25-13)33-22-19(28(30)31)20(23-12-24-22)26-27-21(29)15-8-10-16(32-2)11-9-15/h3-12H,1-2H3,(H,27,29)(H,23,24,26). The first kappa shape index (κ1) is 21.4. The molecule has 33 heavy (non-hydrogen) atoms. The van der Waals surface area contributed by atoms with Crippen LogP contribution in [0.3, 0.4) is 0 Å². The van der Waals surface area contributed by atoms with Crippen molar-refractivity contribution in [2.75, 3.05) is 12.5 Å². The highest BCUT2D eigenvalue weighted by Crippen LogP contribution is 2.36. The van der Waals surface area contributed by atoms with E-state index in [1.807, 2.05) is 25.1 Å². The molecule has 0 spiro atoms. The van der Waals surface area contributed by atoms with Gasteiger partial charge in [-0.3, -0.25) is 25.8 Å². The summed E-state index contributed by atoms with van der Waals surface area (Å²) in [5, 5.41) is 12.6. The number of hydrazine groups is 1. The maximum Gasteiger partial charge on any atom is 0.374 e. The third-order valence-electron chi connectivity index (χ3n) is 4.65. The second-order valence-corrected chi connectivity index (χ2v) is 6.82. The quantitative estimate of drug-likeness (QED) is 0.320. The first-order chi connectivity index (χ1) is 16.0. The first-order valence-corrected chi connectivity index (χ1v) is 9.70. The Kier molecular flexibility index (Phi) is 5.94. The van der Waals surface area contributed by atoms with E-state index in [0.717, 1.165) is 17.4 Å². The number of nitrogens with one attached hydrogen (secondary N) is 2. The Labute approximate surface area is 187 Å². The summed E-state index contributed by atoms with van der Waals surface area (Å²) in [4.78, 5) is 35.7. The molecule has 0 bridgehead atoms. The number of carbonyl (C=O) groups is 1. The minimum Gasteiger partial charge on any atom is -0.497 e. The smallest absolute Gasteiger partial charge is 0.374 e. The maximum absolute atomic E-state index is 12.4. The number of para-hydroxylation sites is 1. The number of nitro groups is 1. The lowest BCUT2D eigenvalue weighted by Gasteiger charge is -2.11. The van der Waals surface area contributed by atoms with Gasteiger partial charge < -0.3 is 9.47 Å². The van der Waals surface area contributed by atoms with Crippen molar-refractivity contribution in [1.29, 1.82) is 0 Å². The van der Waals surface area contributed by atoms with Crippen LogP contribution >= 0.6 is 0 Å². The van der Waals surface area contributed by atoms with Gasteiger partial charge in [0.2, 0.25) is 5.82 Å². The Balaban J connectivity index is 1.60. The lowest BCUT2D eigenvalue weighted by atomic mass is 10.2. The predicted octanol–water partition coefficient (Wildman–Crippen LogP) is 3.80. The maximum atomic E-state index is 12.4. The lowest BCUT2D eigenvalue weighted by molar-refractivity contribution is -0.385. The number of nitrogens with zero attached hydrogens (tertiary/aromatic N) is 4. The number of pyridine rings is 1. The summed E-state index contributed by atoms with van der Waals surface area (Å²) in [6, 6.07) is 15.3. The summed E-state index contributed by atoms with van der Waals surface area (Å²) in [5.41, 5.74) is 5.93. The average molecular weight is 446 g/mol. The molecule has 2 aromatic carbocycles. The van der Waals surface area contributed by atoms with E-state index in [0.29, 0.717) is 22.6 Å². The van der Waals surface area contributed by atoms with E-state index < -0.39 is 16.5 Å². The summed E-state index contributed by atoms with van der Waals surface area (Å²) in [7, 11) is 1.51. The second-order valence-electron chi connectivity index (χ2n) is 6.82. The molecule has 2 heterocycles. The average Bonchev–Trinajstić information content (AvgIpc) is 2.82. The van der Waals surface area contributed by atoms with Gasteiger partial charge in [0.05, 0.1) is 12.0 Å². The Morgan fingerprint density at radius 1 is 1.06 bits per heavy atom. The molecule has 4 rings (SSSR count). The van der Waals surface area contributed by atoms with E-state index in [4.69, 9.17) is 9.47 Å². The number of benzene rings is 2. The normalized spacial score (nSPS) is 10.5. The van der Waals surface area contributed by atoms with Crippen molar-refractivity contribution in [3.05, 3.63) is 82.3 Å². The van der Waals surface area contributed by atoms with Gasteiger partial charge in [-0.05, 0) is 43.3 Å². The fourth-order valence-corrected chi connectivity index (χ4v) is 3.03. The zero-order chi connectivity index (χ0) is 23.4. The number of ether oxygens (including phenoxy) is 2. The van der Waals surface area contributed by atoms with E-state index in [9.17, 15) is 14.9 Å². The van der Waals surface area contributed by atoms with Gasteiger partial charge in [-0.2, -0.15) is 4.98 Å². The summed E-state index contributed by atoms with van der Waals surface area (Å²) in [6.45, 7) is 1.83. The number of rotatable bonds is 7. The molecule has 11 nitrogen and oxygen atoms in total. The number of aromatic nitrogens is 3. The van der Waals surface area contributed by atoms with Crippen LogP contribution < -0.4 is 20.3 Å². The van der Waals surface area contributed by atoms with Gasteiger partial charge in [-0.15, -0.1) is 0 Å². The molecule has 4 aromatic rings. The van der Waals surface area contributed by atoms with Gasteiger partial charge >= 0.3 is 11.6 Å². The van der Waals surface area contributed by atoms with Crippen molar-refractivity contribution in [3.8, 4) is 17.4 Å². The number of amides is 1. The molecule has 11 heteroatoms. The van der Waals surface area contributed by atoms with Crippen LogP contribution in [-0.4, -0.2) is 32.9 Å². The van der Waals surface area contributed by atoms with Crippen molar-refractivity contribution >= 4 is 28.3 Å². The van der Waals surface area contributed by atoms with Crippen LogP contribution in [0.4, 0.5) is 11.5 Å². The number of anilines is 1. The Morgan fingerprint density at radius 2 is 1.85 bits per heavy atom. The molecule has 2 aromatic heterocycles. The fraction of sp³-hybridized carbons (Fsp3) is 0.0909. The first-order valence-electron chi connectivity index (χ1n) is 9.70. The van der Waals surface area contributed by atoms with Crippen molar-refractivity contribution in [2.24, 2.45) is 0 Å². The minimum absolute atomic E-state index is 0.240. The van der Waals surface area contributed by atoms with Crippen molar-refractivity contribution < 1.29 is 19.2 Å². The Bertz CT molecular complexity index is 1340. The van der Waals surface area contributed by atoms with E-state index in [-0.39, 0.29) is 11.7 Å². The van der Waals surface area contributed by atoms with Crippen LogP contribution in [0.1, 0.15) is 16.1 Å². The Hall–Kier alpha value is -4.80. The zero-order valence-electron chi connectivity index (χ0n) is 17.6.